The number of halogens is 1. The SMILES string of the molecule is NC(N)(CC(Cl)CCC(=O)O)C(=O)O. The first-order valence-electron chi connectivity index (χ1n) is 3.92. The van der Waals surface area contributed by atoms with Gasteiger partial charge in [0.1, 0.15) is 0 Å². The zero-order valence-corrected chi connectivity index (χ0v) is 8.20. The Morgan fingerprint density at radius 3 is 2.21 bits per heavy atom. The Kier molecular flexibility index (Phi) is 4.82. The van der Waals surface area contributed by atoms with E-state index in [4.69, 9.17) is 33.3 Å². The first-order valence-corrected chi connectivity index (χ1v) is 4.36. The predicted octanol–water partition coefficient (Wildman–Crippen LogP) is -0.453. The number of hydrogen-bond donors (Lipinski definition) is 4. The number of carboxylic acids is 2. The molecule has 0 saturated heterocycles. The molecule has 0 radical (unpaired) electrons. The molecule has 0 aromatic rings. The van der Waals surface area contributed by atoms with Crippen LogP contribution in [0.5, 0.6) is 0 Å². The summed E-state index contributed by atoms with van der Waals surface area (Å²) in [5, 5.41) is 16.2. The van der Waals surface area contributed by atoms with E-state index < -0.39 is 23.0 Å². The van der Waals surface area contributed by atoms with Gasteiger partial charge in [-0.2, -0.15) is 0 Å². The Morgan fingerprint density at radius 1 is 1.36 bits per heavy atom. The van der Waals surface area contributed by atoms with Crippen LogP contribution in [0.2, 0.25) is 0 Å². The van der Waals surface area contributed by atoms with Crippen molar-refractivity contribution in [3.63, 3.8) is 0 Å². The van der Waals surface area contributed by atoms with Crippen LogP contribution in [0, 0.1) is 0 Å². The molecule has 6 nitrogen and oxygen atoms in total. The van der Waals surface area contributed by atoms with Gasteiger partial charge in [0.25, 0.3) is 0 Å². The van der Waals surface area contributed by atoms with Gasteiger partial charge in [0.2, 0.25) is 0 Å². The van der Waals surface area contributed by atoms with Crippen LogP contribution in [0.15, 0.2) is 0 Å². The lowest BCUT2D eigenvalue weighted by Gasteiger charge is -2.21. The molecule has 0 fully saturated rings. The highest BCUT2D eigenvalue weighted by Crippen LogP contribution is 2.15. The van der Waals surface area contributed by atoms with E-state index in [1.165, 1.54) is 0 Å². The molecule has 0 spiro atoms. The quantitative estimate of drug-likeness (QED) is 0.357. The molecule has 0 heterocycles. The number of alkyl halides is 1. The number of aliphatic carboxylic acids is 2. The third-order valence-electron chi connectivity index (χ3n) is 1.63. The summed E-state index contributed by atoms with van der Waals surface area (Å²) in [7, 11) is 0. The fourth-order valence-corrected chi connectivity index (χ4v) is 1.20. The highest BCUT2D eigenvalue weighted by molar-refractivity contribution is 6.20. The van der Waals surface area contributed by atoms with E-state index in [-0.39, 0.29) is 19.3 Å². The highest BCUT2D eigenvalue weighted by Gasteiger charge is 2.31. The summed E-state index contributed by atoms with van der Waals surface area (Å²) in [5.74, 6) is -2.36. The van der Waals surface area contributed by atoms with Crippen molar-refractivity contribution in [3.8, 4) is 0 Å². The molecule has 1 unspecified atom stereocenters. The minimum Gasteiger partial charge on any atom is -0.481 e. The zero-order chi connectivity index (χ0) is 11.4. The number of carbonyl (C=O) groups is 2. The Morgan fingerprint density at radius 2 is 1.86 bits per heavy atom. The van der Waals surface area contributed by atoms with Crippen LogP contribution in [0.25, 0.3) is 0 Å². The highest BCUT2D eigenvalue weighted by atomic mass is 35.5. The molecule has 0 rings (SSSR count). The molecule has 0 bridgehead atoms. The van der Waals surface area contributed by atoms with Crippen LogP contribution >= 0.6 is 11.6 Å². The number of hydrogen-bond acceptors (Lipinski definition) is 4. The molecule has 82 valence electrons. The Hall–Kier alpha value is -0.850. The molecule has 0 aromatic heterocycles. The lowest BCUT2D eigenvalue weighted by Crippen LogP contribution is -2.57. The summed E-state index contributed by atoms with van der Waals surface area (Å²) in [6, 6.07) is 0. The maximum absolute atomic E-state index is 10.5. The summed E-state index contributed by atoms with van der Waals surface area (Å²) in [4.78, 5) is 20.6. The topological polar surface area (TPSA) is 127 Å². The summed E-state index contributed by atoms with van der Waals surface area (Å²) in [5.41, 5.74) is 8.53. The van der Waals surface area contributed by atoms with Gasteiger partial charge in [0, 0.05) is 18.2 Å². The van der Waals surface area contributed by atoms with E-state index in [1.807, 2.05) is 0 Å². The average Bonchev–Trinajstić information content (AvgIpc) is 1.99. The van der Waals surface area contributed by atoms with Gasteiger partial charge in [-0.3, -0.25) is 4.79 Å². The molecule has 0 aromatic carbocycles. The van der Waals surface area contributed by atoms with Gasteiger partial charge in [0.15, 0.2) is 5.66 Å². The molecule has 0 saturated carbocycles. The molecule has 1 atom stereocenters. The van der Waals surface area contributed by atoms with Crippen molar-refractivity contribution < 1.29 is 19.8 Å². The fraction of sp³-hybridized carbons (Fsp3) is 0.714. The molecule has 0 aliphatic rings. The van der Waals surface area contributed by atoms with Gasteiger partial charge >= 0.3 is 11.9 Å². The van der Waals surface area contributed by atoms with E-state index in [9.17, 15) is 9.59 Å². The summed E-state index contributed by atoms with van der Waals surface area (Å²) in [6.07, 6.45) is -0.165. The zero-order valence-electron chi connectivity index (χ0n) is 7.44. The fourth-order valence-electron chi connectivity index (χ4n) is 0.836. The normalized spacial score (nSPS) is 13.6. The summed E-state index contributed by atoms with van der Waals surface area (Å²) in [6.45, 7) is 0. The predicted molar refractivity (Wildman–Crippen MR) is 49.9 cm³/mol. The molecule has 6 N–H and O–H groups in total. The summed E-state index contributed by atoms with van der Waals surface area (Å²) >= 11 is 5.67. The second-order valence-electron chi connectivity index (χ2n) is 3.08. The second kappa shape index (κ2) is 5.14. The van der Waals surface area contributed by atoms with Gasteiger partial charge in [-0.25, -0.2) is 4.79 Å². The van der Waals surface area contributed by atoms with Gasteiger partial charge < -0.3 is 21.7 Å². The third-order valence-corrected chi connectivity index (χ3v) is 2.00. The summed E-state index contributed by atoms with van der Waals surface area (Å²) < 4.78 is 0. The maximum atomic E-state index is 10.5. The van der Waals surface area contributed by atoms with E-state index in [1.54, 1.807) is 0 Å². The van der Waals surface area contributed by atoms with E-state index in [0.717, 1.165) is 0 Å². The Balaban J connectivity index is 3.99. The number of rotatable bonds is 6. The molecular formula is C7H13ClN2O4. The second-order valence-corrected chi connectivity index (χ2v) is 3.70. The van der Waals surface area contributed by atoms with Crippen LogP contribution in [0.3, 0.4) is 0 Å². The van der Waals surface area contributed by atoms with E-state index >= 15 is 0 Å². The van der Waals surface area contributed by atoms with Crippen LogP contribution < -0.4 is 11.5 Å². The lowest BCUT2D eigenvalue weighted by atomic mass is 10.0. The van der Waals surface area contributed by atoms with Crippen molar-refractivity contribution in [2.75, 3.05) is 0 Å². The monoisotopic (exact) mass is 224 g/mol. The van der Waals surface area contributed by atoms with Crippen molar-refractivity contribution in [2.24, 2.45) is 11.5 Å². The van der Waals surface area contributed by atoms with Crippen LogP contribution in [-0.2, 0) is 9.59 Å². The first kappa shape index (κ1) is 13.2. The van der Waals surface area contributed by atoms with Crippen LogP contribution in [0.4, 0.5) is 0 Å². The molecule has 0 amide bonds. The van der Waals surface area contributed by atoms with Crippen LogP contribution in [0.1, 0.15) is 19.3 Å². The van der Waals surface area contributed by atoms with E-state index in [0.29, 0.717) is 0 Å². The maximum Gasteiger partial charge on any atom is 0.338 e. The first-order chi connectivity index (χ1) is 6.25. The average molecular weight is 225 g/mol. The van der Waals surface area contributed by atoms with Gasteiger partial charge in [-0.05, 0) is 6.42 Å². The minimum atomic E-state index is -1.90. The van der Waals surface area contributed by atoms with Crippen molar-refractivity contribution in [1.82, 2.24) is 0 Å². The van der Waals surface area contributed by atoms with Crippen LogP contribution in [-0.4, -0.2) is 33.2 Å². The standard InChI is InChI=1S/C7H13ClN2O4/c8-4(1-2-5(11)12)3-7(9,10)6(13)14/h4H,1-3,9-10H2,(H,11,12)(H,13,14). The number of nitrogens with two attached hydrogens (primary N) is 2. The third kappa shape index (κ3) is 5.00. The van der Waals surface area contributed by atoms with Gasteiger partial charge in [-0.1, -0.05) is 0 Å². The molecule has 0 aliphatic carbocycles. The molecule has 14 heavy (non-hydrogen) atoms. The van der Waals surface area contributed by atoms with E-state index in [2.05, 4.69) is 0 Å². The number of carboxylic acid groups (broad SMARTS) is 2. The smallest absolute Gasteiger partial charge is 0.338 e. The molecule has 7 heteroatoms. The van der Waals surface area contributed by atoms with Crippen molar-refractivity contribution >= 4 is 23.5 Å². The van der Waals surface area contributed by atoms with Crippen molar-refractivity contribution in [3.05, 3.63) is 0 Å². The van der Waals surface area contributed by atoms with Gasteiger partial charge in [-0.15, -0.1) is 11.6 Å². The lowest BCUT2D eigenvalue weighted by molar-refractivity contribution is -0.143. The molecular weight excluding hydrogens is 212 g/mol. The van der Waals surface area contributed by atoms with Crippen molar-refractivity contribution in [1.29, 1.82) is 0 Å². The van der Waals surface area contributed by atoms with Gasteiger partial charge in [0.05, 0.1) is 0 Å². The molecule has 0 aliphatic heterocycles. The largest absolute Gasteiger partial charge is 0.481 e. The Bertz CT molecular complexity index is 232. The van der Waals surface area contributed by atoms with Crippen molar-refractivity contribution in [2.45, 2.75) is 30.3 Å². The minimum absolute atomic E-state index is 0.135. The Labute approximate surface area is 85.8 Å².